The normalized spacial score (nSPS) is 10.5. The van der Waals surface area contributed by atoms with E-state index in [0.29, 0.717) is 10.8 Å². The Bertz CT molecular complexity index is 631. The molecule has 0 aliphatic carbocycles. The van der Waals surface area contributed by atoms with Crippen LogP contribution in [0, 0.1) is 17.0 Å². The second-order valence-corrected chi connectivity index (χ2v) is 5.84. The zero-order valence-electron chi connectivity index (χ0n) is 11.0. The summed E-state index contributed by atoms with van der Waals surface area (Å²) < 4.78 is 0. The van der Waals surface area contributed by atoms with Crippen LogP contribution in [0.2, 0.25) is 5.02 Å². The van der Waals surface area contributed by atoms with E-state index < -0.39 is 4.92 Å². The highest BCUT2D eigenvalue weighted by Crippen LogP contribution is 2.27. The van der Waals surface area contributed by atoms with Crippen LogP contribution >= 0.6 is 23.4 Å². The molecule has 0 unspecified atom stereocenters. The summed E-state index contributed by atoms with van der Waals surface area (Å²) in [6.45, 7) is 2.08. The fraction of sp³-hybridized carbons (Fsp3) is 0.200. The lowest BCUT2D eigenvalue weighted by Crippen LogP contribution is -1.91. The zero-order valence-corrected chi connectivity index (χ0v) is 12.6. The number of nitro groups is 1. The molecule has 0 amide bonds. The Labute approximate surface area is 127 Å². The van der Waals surface area contributed by atoms with Gasteiger partial charge in [-0.3, -0.25) is 10.1 Å². The standard InChI is InChI=1S/C15H14ClNO2S/c1-11-4-2-3-5-12(11)9-20-10-13-8-14(17(18)19)6-7-15(13)16/h2-8H,9-10H2,1H3. The van der Waals surface area contributed by atoms with E-state index in [1.165, 1.54) is 17.2 Å². The summed E-state index contributed by atoms with van der Waals surface area (Å²) >= 11 is 7.78. The van der Waals surface area contributed by atoms with Crippen LogP contribution in [0.25, 0.3) is 0 Å². The van der Waals surface area contributed by atoms with Crippen molar-refractivity contribution in [2.24, 2.45) is 0 Å². The molecule has 0 spiro atoms. The van der Waals surface area contributed by atoms with Gasteiger partial charge < -0.3 is 0 Å². The van der Waals surface area contributed by atoms with Gasteiger partial charge in [-0.1, -0.05) is 35.9 Å². The summed E-state index contributed by atoms with van der Waals surface area (Å²) in [4.78, 5) is 10.4. The maximum atomic E-state index is 10.8. The van der Waals surface area contributed by atoms with Crippen molar-refractivity contribution < 1.29 is 4.92 Å². The first kappa shape index (κ1) is 14.9. The molecule has 0 aromatic heterocycles. The number of nitro benzene ring substituents is 1. The number of hydrogen-bond acceptors (Lipinski definition) is 3. The van der Waals surface area contributed by atoms with Gasteiger partial charge in [0, 0.05) is 28.7 Å². The maximum absolute atomic E-state index is 10.8. The van der Waals surface area contributed by atoms with E-state index in [1.54, 1.807) is 23.9 Å². The van der Waals surface area contributed by atoms with Crippen LogP contribution in [0.5, 0.6) is 0 Å². The summed E-state index contributed by atoms with van der Waals surface area (Å²) in [5, 5.41) is 11.3. The van der Waals surface area contributed by atoms with Crippen LogP contribution in [0.15, 0.2) is 42.5 Å². The van der Waals surface area contributed by atoms with Gasteiger partial charge in [0.05, 0.1) is 4.92 Å². The van der Waals surface area contributed by atoms with Crippen molar-refractivity contribution in [1.29, 1.82) is 0 Å². The number of aryl methyl sites for hydroxylation is 1. The highest BCUT2D eigenvalue weighted by molar-refractivity contribution is 7.97. The number of rotatable bonds is 5. The van der Waals surface area contributed by atoms with Crippen LogP contribution in [0.4, 0.5) is 5.69 Å². The summed E-state index contributed by atoms with van der Waals surface area (Å²) in [5.41, 5.74) is 3.42. The summed E-state index contributed by atoms with van der Waals surface area (Å²) in [6, 6.07) is 12.8. The first-order valence-electron chi connectivity index (χ1n) is 6.13. The van der Waals surface area contributed by atoms with Crippen molar-refractivity contribution in [3.8, 4) is 0 Å². The first-order chi connectivity index (χ1) is 9.58. The molecule has 0 fully saturated rings. The van der Waals surface area contributed by atoms with Crippen molar-refractivity contribution in [1.82, 2.24) is 0 Å². The summed E-state index contributed by atoms with van der Waals surface area (Å²) in [7, 11) is 0. The highest BCUT2D eigenvalue weighted by atomic mass is 35.5. The number of halogens is 1. The molecule has 0 atom stereocenters. The smallest absolute Gasteiger partial charge is 0.258 e. The fourth-order valence-corrected chi connectivity index (χ4v) is 3.20. The molecule has 2 rings (SSSR count). The third-order valence-electron chi connectivity index (χ3n) is 3.02. The Kier molecular flexibility index (Phi) is 5.04. The minimum atomic E-state index is -0.397. The lowest BCUT2D eigenvalue weighted by Gasteiger charge is -2.06. The van der Waals surface area contributed by atoms with Crippen LogP contribution in [0.3, 0.4) is 0 Å². The number of nitrogens with zero attached hydrogens (tertiary/aromatic N) is 1. The van der Waals surface area contributed by atoms with Crippen molar-refractivity contribution in [3.05, 3.63) is 74.3 Å². The molecule has 3 nitrogen and oxygen atoms in total. The minimum Gasteiger partial charge on any atom is -0.258 e. The predicted octanol–water partition coefficient (Wildman–Crippen LogP) is 4.99. The van der Waals surface area contributed by atoms with Crippen LogP contribution in [-0.2, 0) is 11.5 Å². The van der Waals surface area contributed by atoms with Crippen molar-refractivity contribution in [3.63, 3.8) is 0 Å². The van der Waals surface area contributed by atoms with Gasteiger partial charge in [-0.05, 0) is 29.7 Å². The molecular weight excluding hydrogens is 294 g/mol. The minimum absolute atomic E-state index is 0.0842. The summed E-state index contributed by atoms with van der Waals surface area (Å²) in [5.74, 6) is 1.53. The van der Waals surface area contributed by atoms with E-state index in [9.17, 15) is 10.1 Å². The monoisotopic (exact) mass is 307 g/mol. The molecule has 2 aromatic carbocycles. The topological polar surface area (TPSA) is 43.1 Å². The molecule has 0 aliphatic rings. The molecule has 0 heterocycles. The van der Waals surface area contributed by atoms with E-state index in [1.807, 2.05) is 12.1 Å². The molecule has 0 radical (unpaired) electrons. The van der Waals surface area contributed by atoms with Gasteiger partial charge in [-0.2, -0.15) is 11.8 Å². The first-order valence-corrected chi connectivity index (χ1v) is 7.66. The lowest BCUT2D eigenvalue weighted by atomic mass is 10.1. The maximum Gasteiger partial charge on any atom is 0.269 e. The van der Waals surface area contributed by atoms with Gasteiger partial charge >= 0.3 is 0 Å². The fourth-order valence-electron chi connectivity index (χ4n) is 1.83. The van der Waals surface area contributed by atoms with Crippen molar-refractivity contribution in [2.45, 2.75) is 18.4 Å². The Morgan fingerprint density at radius 1 is 1.15 bits per heavy atom. The number of non-ortho nitro benzene ring substituents is 1. The van der Waals surface area contributed by atoms with Gasteiger partial charge in [-0.15, -0.1) is 0 Å². The number of thioether (sulfide) groups is 1. The molecule has 0 bridgehead atoms. The Balaban J connectivity index is 2.02. The third kappa shape index (κ3) is 3.74. The van der Waals surface area contributed by atoms with Crippen molar-refractivity contribution in [2.75, 3.05) is 0 Å². The molecule has 0 saturated carbocycles. The number of benzene rings is 2. The second-order valence-electron chi connectivity index (χ2n) is 4.45. The molecule has 0 N–H and O–H groups in total. The van der Waals surface area contributed by atoms with Crippen LogP contribution < -0.4 is 0 Å². The highest BCUT2D eigenvalue weighted by Gasteiger charge is 2.09. The predicted molar refractivity (Wildman–Crippen MR) is 84.3 cm³/mol. The average Bonchev–Trinajstić information content (AvgIpc) is 2.42. The van der Waals surface area contributed by atoms with E-state index >= 15 is 0 Å². The molecular formula is C15H14ClNO2S. The molecule has 104 valence electrons. The van der Waals surface area contributed by atoms with Gasteiger partial charge in [0.2, 0.25) is 0 Å². The van der Waals surface area contributed by atoms with Crippen LogP contribution in [0.1, 0.15) is 16.7 Å². The van der Waals surface area contributed by atoms with E-state index in [2.05, 4.69) is 19.1 Å². The van der Waals surface area contributed by atoms with Crippen LogP contribution in [-0.4, -0.2) is 4.92 Å². The second kappa shape index (κ2) is 6.77. The zero-order chi connectivity index (χ0) is 14.5. The average molecular weight is 308 g/mol. The quantitative estimate of drug-likeness (QED) is 0.577. The molecule has 0 aliphatic heterocycles. The van der Waals surface area contributed by atoms with E-state index in [4.69, 9.17) is 11.6 Å². The van der Waals surface area contributed by atoms with Gasteiger partial charge in [0.15, 0.2) is 0 Å². The molecule has 0 saturated heterocycles. The Morgan fingerprint density at radius 2 is 1.85 bits per heavy atom. The largest absolute Gasteiger partial charge is 0.269 e. The van der Waals surface area contributed by atoms with Crippen molar-refractivity contribution >= 4 is 29.1 Å². The lowest BCUT2D eigenvalue weighted by molar-refractivity contribution is -0.384. The molecule has 2 aromatic rings. The van der Waals surface area contributed by atoms with Gasteiger partial charge in [0.1, 0.15) is 0 Å². The number of hydrogen-bond donors (Lipinski definition) is 0. The van der Waals surface area contributed by atoms with Gasteiger partial charge in [-0.25, -0.2) is 0 Å². The van der Waals surface area contributed by atoms with E-state index in [-0.39, 0.29) is 5.69 Å². The Hall–Kier alpha value is -1.52. The summed E-state index contributed by atoms with van der Waals surface area (Å²) in [6.07, 6.45) is 0. The third-order valence-corrected chi connectivity index (χ3v) is 4.42. The van der Waals surface area contributed by atoms with Gasteiger partial charge in [0.25, 0.3) is 5.69 Å². The Morgan fingerprint density at radius 3 is 2.55 bits per heavy atom. The molecule has 5 heteroatoms. The SMILES string of the molecule is Cc1ccccc1CSCc1cc([N+](=O)[O-])ccc1Cl. The van der Waals surface area contributed by atoms with E-state index in [0.717, 1.165) is 11.3 Å². The molecule has 20 heavy (non-hydrogen) atoms.